The van der Waals surface area contributed by atoms with Gasteiger partial charge in [0.25, 0.3) is 0 Å². The molecule has 6 heteroatoms. The van der Waals surface area contributed by atoms with Gasteiger partial charge in [-0.05, 0) is 51.1 Å². The van der Waals surface area contributed by atoms with Crippen molar-refractivity contribution >= 4 is 0 Å². The maximum absolute atomic E-state index is 14.3. The average molecular weight is 332 g/mol. The van der Waals surface area contributed by atoms with Gasteiger partial charge in [-0.15, -0.1) is 0 Å². The van der Waals surface area contributed by atoms with E-state index in [1.807, 2.05) is 19.3 Å². The molecule has 0 amide bonds. The van der Waals surface area contributed by atoms with Gasteiger partial charge in [0, 0.05) is 37.0 Å². The van der Waals surface area contributed by atoms with Crippen LogP contribution in [0.3, 0.4) is 0 Å². The van der Waals surface area contributed by atoms with Gasteiger partial charge in [-0.1, -0.05) is 0 Å². The minimum absolute atomic E-state index is 0.328. The number of hydrogen-bond donors (Lipinski definition) is 2. The topological polar surface area (TPSA) is 53.2 Å². The third-order valence-corrected chi connectivity index (χ3v) is 4.28. The molecule has 3 rings (SSSR count). The van der Waals surface area contributed by atoms with Crippen LogP contribution < -0.4 is 10.1 Å². The summed E-state index contributed by atoms with van der Waals surface area (Å²) in [7, 11) is 4.00. The van der Waals surface area contributed by atoms with Crippen LogP contribution in [0.25, 0.3) is 11.3 Å². The maximum Gasteiger partial charge on any atom is 0.165 e. The first-order chi connectivity index (χ1) is 11.7. The van der Waals surface area contributed by atoms with Crippen LogP contribution in [-0.4, -0.2) is 48.9 Å². The number of rotatable bonds is 9. The van der Waals surface area contributed by atoms with Crippen LogP contribution in [-0.2, 0) is 6.54 Å². The van der Waals surface area contributed by atoms with Gasteiger partial charge < -0.3 is 15.0 Å². The van der Waals surface area contributed by atoms with E-state index in [4.69, 9.17) is 4.74 Å². The van der Waals surface area contributed by atoms with Crippen molar-refractivity contribution in [2.45, 2.75) is 19.4 Å². The number of ether oxygens (including phenoxy) is 1. The van der Waals surface area contributed by atoms with Gasteiger partial charge in [-0.25, -0.2) is 4.39 Å². The number of benzene rings is 1. The van der Waals surface area contributed by atoms with Crippen molar-refractivity contribution in [1.82, 2.24) is 20.4 Å². The molecule has 5 nitrogen and oxygen atoms in total. The number of aromatic amines is 1. The van der Waals surface area contributed by atoms with Gasteiger partial charge >= 0.3 is 0 Å². The van der Waals surface area contributed by atoms with Gasteiger partial charge in [0.05, 0.1) is 12.3 Å². The zero-order chi connectivity index (χ0) is 16.9. The largest absolute Gasteiger partial charge is 0.490 e. The third kappa shape index (κ3) is 4.33. The van der Waals surface area contributed by atoms with Crippen molar-refractivity contribution in [2.24, 2.45) is 5.92 Å². The predicted octanol–water partition coefficient (Wildman–Crippen LogP) is 2.66. The molecule has 1 aromatic heterocycles. The molecule has 0 unspecified atom stereocenters. The van der Waals surface area contributed by atoms with Crippen LogP contribution in [0.1, 0.15) is 18.4 Å². The highest BCUT2D eigenvalue weighted by molar-refractivity contribution is 5.63. The van der Waals surface area contributed by atoms with E-state index in [9.17, 15) is 4.39 Å². The Morgan fingerprint density at radius 3 is 2.96 bits per heavy atom. The molecule has 1 aliphatic carbocycles. The van der Waals surface area contributed by atoms with Crippen molar-refractivity contribution in [1.29, 1.82) is 0 Å². The summed E-state index contributed by atoms with van der Waals surface area (Å²) < 4.78 is 19.8. The molecule has 2 N–H and O–H groups in total. The second-order valence-electron chi connectivity index (χ2n) is 6.50. The zero-order valence-electron chi connectivity index (χ0n) is 14.3. The fraction of sp³-hybridized carbons (Fsp3) is 0.500. The summed E-state index contributed by atoms with van der Waals surface area (Å²) in [6.07, 6.45) is 4.26. The molecule has 1 fully saturated rings. The molecule has 1 aliphatic rings. The van der Waals surface area contributed by atoms with Crippen molar-refractivity contribution in [2.75, 3.05) is 33.8 Å². The molecule has 0 atom stereocenters. The summed E-state index contributed by atoms with van der Waals surface area (Å²) >= 11 is 0. The first-order valence-electron chi connectivity index (χ1n) is 8.46. The summed E-state index contributed by atoms with van der Waals surface area (Å²) in [5.41, 5.74) is 2.61. The van der Waals surface area contributed by atoms with Crippen LogP contribution in [0.5, 0.6) is 5.75 Å². The molecule has 0 bridgehead atoms. The minimum atomic E-state index is -0.328. The fourth-order valence-electron chi connectivity index (χ4n) is 2.62. The molecule has 0 saturated heterocycles. The van der Waals surface area contributed by atoms with Crippen molar-refractivity contribution in [3.8, 4) is 17.0 Å². The number of aromatic nitrogens is 2. The maximum atomic E-state index is 14.3. The lowest BCUT2D eigenvalue weighted by molar-refractivity contribution is 0.285. The fourth-order valence-corrected chi connectivity index (χ4v) is 2.62. The quantitative estimate of drug-likeness (QED) is 0.741. The minimum Gasteiger partial charge on any atom is -0.490 e. The molecule has 0 radical (unpaired) electrons. The lowest BCUT2D eigenvalue weighted by atomic mass is 10.1. The van der Waals surface area contributed by atoms with E-state index in [-0.39, 0.29) is 5.82 Å². The number of nitrogens with one attached hydrogen (secondary N) is 2. The van der Waals surface area contributed by atoms with E-state index in [0.29, 0.717) is 18.3 Å². The van der Waals surface area contributed by atoms with E-state index >= 15 is 0 Å². The first-order valence-corrected chi connectivity index (χ1v) is 8.46. The van der Waals surface area contributed by atoms with Crippen molar-refractivity contribution in [3.63, 3.8) is 0 Å². The summed E-state index contributed by atoms with van der Waals surface area (Å²) in [6, 6.07) is 5.09. The Balaban J connectivity index is 1.69. The molecule has 0 aliphatic heterocycles. The smallest absolute Gasteiger partial charge is 0.165 e. The lowest BCUT2D eigenvalue weighted by Gasteiger charge is -2.16. The molecule has 2 aromatic rings. The van der Waals surface area contributed by atoms with Crippen LogP contribution in [0.15, 0.2) is 24.4 Å². The monoisotopic (exact) mass is 332 g/mol. The first kappa shape index (κ1) is 16.9. The molecule has 130 valence electrons. The Bertz CT molecular complexity index is 669. The summed E-state index contributed by atoms with van der Waals surface area (Å²) in [5, 5.41) is 10.3. The van der Waals surface area contributed by atoms with E-state index in [0.717, 1.165) is 36.5 Å². The van der Waals surface area contributed by atoms with Gasteiger partial charge in [0.2, 0.25) is 0 Å². The second-order valence-corrected chi connectivity index (χ2v) is 6.50. The molecular formula is C18H25FN4O. The lowest BCUT2D eigenvalue weighted by Crippen LogP contribution is -2.26. The van der Waals surface area contributed by atoms with E-state index in [1.54, 1.807) is 6.07 Å². The number of nitrogens with zero attached hydrogens (tertiary/aromatic N) is 2. The number of hydrogen-bond acceptors (Lipinski definition) is 4. The summed E-state index contributed by atoms with van der Waals surface area (Å²) in [4.78, 5) is 2.20. The normalized spacial score (nSPS) is 14.3. The Labute approximate surface area is 142 Å². The molecular weight excluding hydrogens is 307 g/mol. The van der Waals surface area contributed by atoms with Crippen molar-refractivity contribution < 1.29 is 9.13 Å². The average Bonchev–Trinajstić information content (AvgIpc) is 3.29. The van der Waals surface area contributed by atoms with Gasteiger partial charge in [0.15, 0.2) is 11.6 Å². The standard InChI is InChI=1S/C18H25FN4O/c1-20-7-8-23(2)11-15-10-21-22-18(15)14-5-6-17(16(19)9-14)24-12-13-3-4-13/h5-6,9-10,13,20H,3-4,7-8,11-12H2,1-2H3,(H,21,22). The van der Waals surface area contributed by atoms with E-state index in [2.05, 4.69) is 27.5 Å². The van der Waals surface area contributed by atoms with Gasteiger partial charge in [-0.3, -0.25) is 5.10 Å². The summed E-state index contributed by atoms with van der Waals surface area (Å²) in [5.74, 6) is 0.606. The Hall–Kier alpha value is -1.92. The number of H-pyrrole nitrogens is 1. The van der Waals surface area contributed by atoms with E-state index < -0.39 is 0 Å². The highest BCUT2D eigenvalue weighted by Crippen LogP contribution is 2.31. The molecule has 1 heterocycles. The van der Waals surface area contributed by atoms with Crippen molar-refractivity contribution in [3.05, 3.63) is 35.8 Å². The number of likely N-dealkylation sites (N-methyl/N-ethyl adjacent to an activating group) is 2. The third-order valence-electron chi connectivity index (χ3n) is 4.28. The molecule has 0 spiro atoms. The molecule has 24 heavy (non-hydrogen) atoms. The van der Waals surface area contributed by atoms with Crippen LogP contribution in [0, 0.1) is 11.7 Å². The molecule has 1 aromatic carbocycles. The van der Waals surface area contributed by atoms with Crippen LogP contribution >= 0.6 is 0 Å². The summed E-state index contributed by atoms with van der Waals surface area (Å²) in [6.45, 7) is 3.23. The van der Waals surface area contributed by atoms with Crippen LogP contribution in [0.2, 0.25) is 0 Å². The Kier molecular flexibility index (Phi) is 5.48. The van der Waals surface area contributed by atoms with Crippen LogP contribution in [0.4, 0.5) is 4.39 Å². The Morgan fingerprint density at radius 1 is 1.42 bits per heavy atom. The molecule has 1 saturated carbocycles. The van der Waals surface area contributed by atoms with Gasteiger partial charge in [-0.2, -0.15) is 5.10 Å². The van der Waals surface area contributed by atoms with Gasteiger partial charge in [0.1, 0.15) is 0 Å². The Morgan fingerprint density at radius 2 is 2.25 bits per heavy atom. The SMILES string of the molecule is CNCCN(C)Cc1c[nH]nc1-c1ccc(OCC2CC2)c(F)c1. The zero-order valence-corrected chi connectivity index (χ0v) is 14.3. The highest BCUT2D eigenvalue weighted by atomic mass is 19.1. The predicted molar refractivity (Wildman–Crippen MR) is 92.5 cm³/mol. The second kappa shape index (κ2) is 7.77. The number of halogens is 1. The highest BCUT2D eigenvalue weighted by Gasteiger charge is 2.22. The van der Waals surface area contributed by atoms with E-state index in [1.165, 1.54) is 18.9 Å².